The number of carbonyl (C=O) groups excluding carboxylic acids is 2. The number of benzene rings is 1. The third kappa shape index (κ3) is 4.08. The van der Waals surface area contributed by atoms with Gasteiger partial charge in [0.05, 0.1) is 18.8 Å². The summed E-state index contributed by atoms with van der Waals surface area (Å²) in [5.41, 5.74) is -1.56. The van der Waals surface area contributed by atoms with E-state index in [2.05, 4.69) is 4.74 Å². The van der Waals surface area contributed by atoms with E-state index in [4.69, 9.17) is 4.74 Å². The van der Waals surface area contributed by atoms with Gasteiger partial charge in [-0.05, 0) is 19.9 Å². The molecule has 7 heteroatoms. The number of carbonyl (C=O) groups is 2. The maximum Gasteiger partial charge on any atom is 0.345 e. The average molecular weight is 302 g/mol. The van der Waals surface area contributed by atoms with Crippen molar-refractivity contribution >= 4 is 11.8 Å². The molecule has 0 amide bonds. The molecule has 0 aliphatic carbocycles. The molecule has 1 rings (SSSR count). The summed E-state index contributed by atoms with van der Waals surface area (Å²) in [7, 11) is 0. The summed E-state index contributed by atoms with van der Waals surface area (Å²) in [6.07, 6.45) is 0.780. The molecule has 0 aliphatic rings. The lowest BCUT2D eigenvalue weighted by Crippen LogP contribution is -2.18. The number of ketones is 1. The Morgan fingerprint density at radius 3 is 2.38 bits per heavy atom. The molecule has 0 unspecified atom stereocenters. The van der Waals surface area contributed by atoms with E-state index >= 15 is 0 Å². The van der Waals surface area contributed by atoms with Crippen LogP contribution < -0.4 is 0 Å². The first-order chi connectivity index (χ1) is 9.92. The SMILES string of the molecule is CCO/C=C(\C(=O)OCC)C(=O)c1cc(F)cc(F)c1F. The van der Waals surface area contributed by atoms with Gasteiger partial charge in [-0.1, -0.05) is 0 Å². The molecule has 0 bridgehead atoms. The van der Waals surface area contributed by atoms with Crippen LogP contribution in [0.1, 0.15) is 24.2 Å². The van der Waals surface area contributed by atoms with Crippen molar-refractivity contribution in [3.05, 3.63) is 47.0 Å². The Kier molecular flexibility index (Phi) is 5.95. The Labute approximate surface area is 119 Å². The predicted octanol–water partition coefficient (Wildman–Crippen LogP) is 2.77. The van der Waals surface area contributed by atoms with Gasteiger partial charge in [0.25, 0.3) is 0 Å². The number of hydrogen-bond acceptors (Lipinski definition) is 4. The van der Waals surface area contributed by atoms with E-state index in [0.717, 1.165) is 6.26 Å². The molecule has 0 fully saturated rings. The number of halogens is 3. The van der Waals surface area contributed by atoms with Crippen LogP contribution >= 0.6 is 0 Å². The summed E-state index contributed by atoms with van der Waals surface area (Å²) in [4.78, 5) is 23.7. The zero-order chi connectivity index (χ0) is 16.0. The number of hydrogen-bond donors (Lipinski definition) is 0. The van der Waals surface area contributed by atoms with E-state index in [1.807, 2.05) is 0 Å². The summed E-state index contributed by atoms with van der Waals surface area (Å²) >= 11 is 0. The van der Waals surface area contributed by atoms with Crippen molar-refractivity contribution in [2.45, 2.75) is 13.8 Å². The second-order valence-electron chi connectivity index (χ2n) is 3.79. The number of Topliss-reactive ketones (excluding diaryl/α,β-unsaturated/α-hetero) is 1. The Hall–Kier alpha value is -2.31. The molecule has 0 aromatic heterocycles. The zero-order valence-corrected chi connectivity index (χ0v) is 11.4. The third-order valence-electron chi connectivity index (χ3n) is 2.35. The van der Waals surface area contributed by atoms with Crippen molar-refractivity contribution in [3.8, 4) is 0 Å². The van der Waals surface area contributed by atoms with Gasteiger partial charge in [0, 0.05) is 6.07 Å². The van der Waals surface area contributed by atoms with E-state index in [-0.39, 0.29) is 13.2 Å². The lowest BCUT2D eigenvalue weighted by atomic mass is 10.0. The highest BCUT2D eigenvalue weighted by Gasteiger charge is 2.26. The van der Waals surface area contributed by atoms with E-state index in [0.29, 0.717) is 12.1 Å². The van der Waals surface area contributed by atoms with Gasteiger partial charge in [0.15, 0.2) is 11.6 Å². The lowest BCUT2D eigenvalue weighted by molar-refractivity contribution is -0.138. The van der Waals surface area contributed by atoms with Gasteiger partial charge in [0.2, 0.25) is 5.78 Å². The van der Waals surface area contributed by atoms with Crippen molar-refractivity contribution in [1.82, 2.24) is 0 Å². The summed E-state index contributed by atoms with van der Waals surface area (Å²) in [5.74, 6) is -6.51. The van der Waals surface area contributed by atoms with Crippen LogP contribution in [0, 0.1) is 17.5 Å². The van der Waals surface area contributed by atoms with Gasteiger partial charge in [-0.2, -0.15) is 0 Å². The topological polar surface area (TPSA) is 52.6 Å². The molecule has 1 aromatic carbocycles. The van der Waals surface area contributed by atoms with Crippen LogP contribution in [0.2, 0.25) is 0 Å². The fourth-order valence-corrected chi connectivity index (χ4v) is 1.44. The van der Waals surface area contributed by atoms with Crippen molar-refractivity contribution in [1.29, 1.82) is 0 Å². The lowest BCUT2D eigenvalue weighted by Gasteiger charge is -2.08. The van der Waals surface area contributed by atoms with Crippen molar-refractivity contribution in [3.63, 3.8) is 0 Å². The molecule has 0 saturated heterocycles. The minimum absolute atomic E-state index is 0.0322. The molecule has 114 valence electrons. The molecule has 0 atom stereocenters. The largest absolute Gasteiger partial charge is 0.500 e. The predicted molar refractivity (Wildman–Crippen MR) is 67.0 cm³/mol. The van der Waals surface area contributed by atoms with Crippen LogP contribution in [-0.4, -0.2) is 25.0 Å². The van der Waals surface area contributed by atoms with Crippen LogP contribution in [0.15, 0.2) is 24.0 Å². The fourth-order valence-electron chi connectivity index (χ4n) is 1.44. The smallest absolute Gasteiger partial charge is 0.345 e. The van der Waals surface area contributed by atoms with Crippen molar-refractivity contribution < 1.29 is 32.2 Å². The van der Waals surface area contributed by atoms with Crippen LogP contribution in [-0.2, 0) is 14.3 Å². The first-order valence-electron chi connectivity index (χ1n) is 6.10. The summed E-state index contributed by atoms with van der Waals surface area (Å²) < 4.78 is 49.3. The number of ether oxygens (including phenoxy) is 2. The highest BCUT2D eigenvalue weighted by molar-refractivity contribution is 6.24. The van der Waals surface area contributed by atoms with Crippen molar-refractivity contribution in [2.75, 3.05) is 13.2 Å². The average Bonchev–Trinajstić information content (AvgIpc) is 2.43. The van der Waals surface area contributed by atoms with E-state index in [1.54, 1.807) is 6.92 Å². The first-order valence-corrected chi connectivity index (χ1v) is 6.10. The summed E-state index contributed by atoms with van der Waals surface area (Å²) in [6, 6.07) is 0.794. The molecule has 1 aromatic rings. The monoisotopic (exact) mass is 302 g/mol. The van der Waals surface area contributed by atoms with Gasteiger partial charge in [-0.15, -0.1) is 0 Å². The van der Waals surface area contributed by atoms with Gasteiger partial charge in [-0.25, -0.2) is 18.0 Å². The Balaban J connectivity index is 3.26. The number of rotatable bonds is 6. The minimum Gasteiger partial charge on any atom is -0.500 e. The minimum atomic E-state index is -1.55. The van der Waals surface area contributed by atoms with Gasteiger partial charge >= 0.3 is 5.97 Å². The van der Waals surface area contributed by atoms with Crippen molar-refractivity contribution in [2.24, 2.45) is 0 Å². The van der Waals surface area contributed by atoms with Crippen LogP contribution in [0.5, 0.6) is 0 Å². The molecule has 0 N–H and O–H groups in total. The van der Waals surface area contributed by atoms with Crippen LogP contribution in [0.25, 0.3) is 0 Å². The van der Waals surface area contributed by atoms with Crippen LogP contribution in [0.4, 0.5) is 13.2 Å². The highest BCUT2D eigenvalue weighted by atomic mass is 19.2. The molecule has 21 heavy (non-hydrogen) atoms. The van der Waals surface area contributed by atoms with Crippen LogP contribution in [0.3, 0.4) is 0 Å². The molecule has 0 heterocycles. The molecular formula is C14H13F3O4. The Morgan fingerprint density at radius 1 is 1.14 bits per heavy atom. The number of esters is 1. The maximum absolute atomic E-state index is 13.6. The van der Waals surface area contributed by atoms with Gasteiger partial charge < -0.3 is 9.47 Å². The Bertz CT molecular complexity index is 582. The molecule has 0 spiro atoms. The summed E-state index contributed by atoms with van der Waals surface area (Å²) in [6.45, 7) is 3.20. The fraction of sp³-hybridized carbons (Fsp3) is 0.286. The zero-order valence-electron chi connectivity index (χ0n) is 11.4. The second kappa shape index (κ2) is 7.47. The van der Waals surface area contributed by atoms with E-state index < -0.39 is 40.3 Å². The standard InChI is InChI=1S/C14H13F3O4/c1-3-20-7-10(14(19)21-4-2)13(18)9-5-8(15)6-11(16)12(9)17/h5-7H,3-4H2,1-2H3/b10-7-. The van der Waals surface area contributed by atoms with E-state index in [1.165, 1.54) is 6.92 Å². The molecule has 0 aliphatic heterocycles. The van der Waals surface area contributed by atoms with Gasteiger partial charge in [0.1, 0.15) is 17.7 Å². The summed E-state index contributed by atoms with van der Waals surface area (Å²) in [5, 5.41) is 0. The highest BCUT2D eigenvalue weighted by Crippen LogP contribution is 2.18. The molecule has 0 radical (unpaired) electrons. The maximum atomic E-state index is 13.6. The van der Waals surface area contributed by atoms with E-state index in [9.17, 15) is 22.8 Å². The molecular weight excluding hydrogens is 289 g/mol. The Morgan fingerprint density at radius 2 is 1.81 bits per heavy atom. The van der Waals surface area contributed by atoms with Gasteiger partial charge in [-0.3, -0.25) is 4.79 Å². The molecule has 0 saturated carbocycles. The normalized spacial score (nSPS) is 11.2. The second-order valence-corrected chi connectivity index (χ2v) is 3.79. The third-order valence-corrected chi connectivity index (χ3v) is 2.35. The molecule has 4 nitrogen and oxygen atoms in total. The first kappa shape index (κ1) is 16.7. The quantitative estimate of drug-likeness (QED) is 0.154.